The van der Waals surface area contributed by atoms with Crippen molar-refractivity contribution in [2.45, 2.75) is 44.4 Å². The fourth-order valence-electron chi connectivity index (χ4n) is 8.03. The molecule has 0 N–H and O–H groups in total. The largest absolute Gasteiger partial charge is 0.454 e. The summed E-state index contributed by atoms with van der Waals surface area (Å²) in [5.41, 5.74) is 12.5. The van der Waals surface area contributed by atoms with E-state index < -0.39 is 0 Å². The zero-order valence-electron chi connectivity index (χ0n) is 29.4. The molecule has 0 unspecified atom stereocenters. The van der Waals surface area contributed by atoms with Crippen LogP contribution in [0.5, 0.6) is 0 Å². The minimum atomic E-state index is 0.670. The second kappa shape index (κ2) is 14.3. The highest BCUT2D eigenvalue weighted by molar-refractivity contribution is 6.10. The number of hydrogen-bond donors (Lipinski definition) is 0. The number of rotatable bonds is 9. The van der Waals surface area contributed by atoms with Gasteiger partial charge in [0.15, 0.2) is 5.58 Å². The van der Waals surface area contributed by atoms with E-state index in [9.17, 15) is 0 Å². The highest BCUT2D eigenvalue weighted by atomic mass is 16.3. The van der Waals surface area contributed by atoms with Crippen molar-refractivity contribution in [2.75, 3.05) is 9.80 Å². The van der Waals surface area contributed by atoms with Crippen LogP contribution >= 0.6 is 0 Å². The second-order valence-corrected chi connectivity index (χ2v) is 14.0. The first-order valence-electron chi connectivity index (χ1n) is 18.7. The van der Waals surface area contributed by atoms with Gasteiger partial charge in [-0.3, -0.25) is 0 Å². The molecule has 3 nitrogen and oxygen atoms in total. The number of fused-ring (bicyclic) bond motifs is 3. The van der Waals surface area contributed by atoms with Crippen LogP contribution in [0.15, 0.2) is 180 Å². The lowest BCUT2D eigenvalue weighted by Crippen LogP contribution is -2.11. The number of furan rings is 1. The van der Waals surface area contributed by atoms with Crippen LogP contribution in [0.2, 0.25) is 0 Å². The summed E-state index contributed by atoms with van der Waals surface area (Å²) in [7, 11) is 0. The Bertz CT molecular complexity index is 2350. The number of nitrogens with zero attached hydrogens (tertiary/aromatic N) is 2. The average molecular weight is 675 g/mol. The van der Waals surface area contributed by atoms with Crippen LogP contribution in [-0.4, -0.2) is 0 Å². The third kappa shape index (κ3) is 6.35. The molecule has 0 aliphatic heterocycles. The summed E-state index contributed by atoms with van der Waals surface area (Å²) in [6, 6.07) is 63.3. The first-order valence-corrected chi connectivity index (χ1v) is 18.7. The standard InChI is InChI=1S/C49H42N2O/c1-4-13-38(14-5-1)39-27-33-44(34-28-39)51(47-21-12-20-46-45-19-10-11-22-48(45)52-49(46)47)43-31-25-37(26-32-43)35-36-23-29-42(30-24-36)50(40-15-6-2-7-16-40)41-17-8-3-9-18-41/h2-3,6-12,15-34,38H,1,4-5,13-14,35H2. The number of anilines is 6. The number of hydrogen-bond acceptors (Lipinski definition) is 3. The maximum absolute atomic E-state index is 6.57. The second-order valence-electron chi connectivity index (χ2n) is 14.0. The summed E-state index contributed by atoms with van der Waals surface area (Å²) < 4.78 is 6.57. The van der Waals surface area contributed by atoms with Gasteiger partial charge in [0.2, 0.25) is 0 Å². The molecule has 0 bridgehead atoms. The van der Waals surface area contributed by atoms with E-state index in [1.165, 1.54) is 48.8 Å². The molecule has 9 rings (SSSR count). The molecule has 3 heteroatoms. The van der Waals surface area contributed by atoms with E-state index in [4.69, 9.17) is 4.42 Å². The first-order chi connectivity index (χ1) is 25.8. The lowest BCUT2D eigenvalue weighted by atomic mass is 9.84. The Labute approximate surface area is 306 Å². The van der Waals surface area contributed by atoms with Gasteiger partial charge in [0.05, 0.1) is 5.69 Å². The van der Waals surface area contributed by atoms with Crippen molar-refractivity contribution in [3.63, 3.8) is 0 Å². The van der Waals surface area contributed by atoms with Gasteiger partial charge >= 0.3 is 0 Å². The monoisotopic (exact) mass is 674 g/mol. The van der Waals surface area contributed by atoms with E-state index in [1.54, 1.807) is 0 Å². The van der Waals surface area contributed by atoms with Crippen molar-refractivity contribution in [1.29, 1.82) is 0 Å². The summed E-state index contributed by atoms with van der Waals surface area (Å²) in [6.07, 6.45) is 7.48. The Morgan fingerprint density at radius 1 is 0.423 bits per heavy atom. The smallest absolute Gasteiger partial charge is 0.159 e. The van der Waals surface area contributed by atoms with E-state index >= 15 is 0 Å². The summed E-state index contributed by atoms with van der Waals surface area (Å²) in [5, 5.41) is 2.28. The Morgan fingerprint density at radius 3 is 1.54 bits per heavy atom. The van der Waals surface area contributed by atoms with Crippen LogP contribution < -0.4 is 9.80 Å². The molecule has 254 valence electrons. The zero-order valence-corrected chi connectivity index (χ0v) is 29.4. The van der Waals surface area contributed by atoms with Crippen LogP contribution in [0, 0.1) is 0 Å². The molecule has 8 aromatic rings. The fourth-order valence-corrected chi connectivity index (χ4v) is 8.03. The van der Waals surface area contributed by atoms with E-state index in [-0.39, 0.29) is 0 Å². The molecule has 1 fully saturated rings. The molecule has 1 aromatic heterocycles. The van der Waals surface area contributed by atoms with E-state index in [2.05, 4.69) is 180 Å². The Kier molecular flexibility index (Phi) is 8.76. The topological polar surface area (TPSA) is 19.6 Å². The normalized spacial score (nSPS) is 13.4. The highest BCUT2D eigenvalue weighted by Crippen LogP contribution is 2.43. The summed E-state index contributed by atoms with van der Waals surface area (Å²) in [4.78, 5) is 4.66. The fraction of sp³-hybridized carbons (Fsp3) is 0.143. The van der Waals surface area contributed by atoms with Gasteiger partial charge < -0.3 is 14.2 Å². The van der Waals surface area contributed by atoms with Crippen molar-refractivity contribution in [3.05, 3.63) is 193 Å². The van der Waals surface area contributed by atoms with Crippen molar-refractivity contribution in [3.8, 4) is 0 Å². The lowest BCUT2D eigenvalue weighted by molar-refractivity contribution is 0.443. The molecule has 1 heterocycles. The van der Waals surface area contributed by atoms with Gasteiger partial charge in [-0.1, -0.05) is 122 Å². The zero-order chi connectivity index (χ0) is 34.7. The van der Waals surface area contributed by atoms with E-state index in [0.717, 1.165) is 62.5 Å². The Balaban J connectivity index is 1.03. The van der Waals surface area contributed by atoms with Gasteiger partial charge in [0.25, 0.3) is 0 Å². The molecule has 0 atom stereocenters. The van der Waals surface area contributed by atoms with E-state index in [0.29, 0.717) is 5.92 Å². The molecule has 0 saturated heterocycles. The molecule has 52 heavy (non-hydrogen) atoms. The lowest BCUT2D eigenvalue weighted by Gasteiger charge is -2.27. The molecule has 7 aromatic carbocycles. The van der Waals surface area contributed by atoms with Crippen LogP contribution in [-0.2, 0) is 6.42 Å². The summed E-state index contributed by atoms with van der Waals surface area (Å²) in [5.74, 6) is 0.670. The predicted octanol–water partition coefficient (Wildman–Crippen LogP) is 14.2. The van der Waals surface area contributed by atoms with Gasteiger partial charge in [-0.15, -0.1) is 0 Å². The molecule has 1 aliphatic rings. The molecule has 0 radical (unpaired) electrons. The van der Waals surface area contributed by atoms with Crippen molar-refractivity contribution in [1.82, 2.24) is 0 Å². The number of para-hydroxylation sites is 4. The summed E-state index contributed by atoms with van der Waals surface area (Å²) in [6.45, 7) is 0. The van der Waals surface area contributed by atoms with Crippen LogP contribution in [0.4, 0.5) is 34.1 Å². The Hall–Kier alpha value is -6.06. The van der Waals surface area contributed by atoms with Crippen molar-refractivity contribution in [2.24, 2.45) is 0 Å². The van der Waals surface area contributed by atoms with Gasteiger partial charge in [0, 0.05) is 39.2 Å². The average Bonchev–Trinajstić information content (AvgIpc) is 3.60. The van der Waals surface area contributed by atoms with Gasteiger partial charge in [-0.25, -0.2) is 0 Å². The van der Waals surface area contributed by atoms with Crippen LogP contribution in [0.25, 0.3) is 21.9 Å². The molecule has 1 aliphatic carbocycles. The molecular formula is C49H42N2O. The molecule has 1 saturated carbocycles. The minimum absolute atomic E-state index is 0.670. The van der Waals surface area contributed by atoms with Gasteiger partial charge in [-0.05, 0) is 115 Å². The van der Waals surface area contributed by atoms with E-state index in [1.807, 2.05) is 6.07 Å². The predicted molar refractivity (Wildman–Crippen MR) is 218 cm³/mol. The number of benzene rings is 7. The van der Waals surface area contributed by atoms with Crippen molar-refractivity contribution >= 4 is 56.1 Å². The van der Waals surface area contributed by atoms with Gasteiger partial charge in [-0.2, -0.15) is 0 Å². The van der Waals surface area contributed by atoms with Crippen molar-refractivity contribution < 1.29 is 4.42 Å². The highest BCUT2D eigenvalue weighted by Gasteiger charge is 2.21. The maximum Gasteiger partial charge on any atom is 0.159 e. The molecular weight excluding hydrogens is 633 g/mol. The quantitative estimate of drug-likeness (QED) is 0.152. The Morgan fingerprint density at radius 2 is 0.923 bits per heavy atom. The first kappa shape index (κ1) is 31.9. The van der Waals surface area contributed by atoms with Gasteiger partial charge in [0.1, 0.15) is 5.58 Å². The van der Waals surface area contributed by atoms with Crippen LogP contribution in [0.1, 0.15) is 54.7 Å². The SMILES string of the molecule is c1ccc(N(c2ccccc2)c2ccc(Cc3ccc(N(c4ccc(C5CCCCC5)cc4)c4cccc5c4oc4ccccc45)cc3)cc2)cc1. The third-order valence-corrected chi connectivity index (χ3v) is 10.7. The van der Waals surface area contributed by atoms with Crippen LogP contribution in [0.3, 0.4) is 0 Å². The summed E-state index contributed by atoms with van der Waals surface area (Å²) >= 11 is 0. The molecule has 0 amide bonds. The third-order valence-electron chi connectivity index (χ3n) is 10.7. The molecule has 0 spiro atoms. The minimum Gasteiger partial charge on any atom is -0.454 e. The maximum atomic E-state index is 6.57.